The lowest BCUT2D eigenvalue weighted by molar-refractivity contribution is -0.150. The van der Waals surface area contributed by atoms with Crippen molar-refractivity contribution < 1.29 is 19.4 Å². The van der Waals surface area contributed by atoms with Gasteiger partial charge in [-0.1, -0.05) is 140 Å². The SMILES string of the molecule is CCCCC/C=C\C/C=C\C/C=C\C/C=C\CCCCCC(=O)OC(CCCCC)CCCCCCCCCCCC(=O)O. The molecule has 254 valence electrons. The zero-order valence-corrected chi connectivity index (χ0v) is 29.0. The van der Waals surface area contributed by atoms with E-state index in [-0.39, 0.29) is 12.1 Å². The molecule has 0 radical (unpaired) electrons. The summed E-state index contributed by atoms with van der Waals surface area (Å²) in [6.45, 7) is 4.46. The Morgan fingerprint density at radius 3 is 1.41 bits per heavy atom. The van der Waals surface area contributed by atoms with Crippen LogP contribution in [0.15, 0.2) is 48.6 Å². The molecule has 0 heterocycles. The fourth-order valence-corrected chi connectivity index (χ4v) is 5.28. The van der Waals surface area contributed by atoms with Crippen molar-refractivity contribution >= 4 is 11.9 Å². The highest BCUT2D eigenvalue weighted by Crippen LogP contribution is 2.18. The Kier molecular flexibility index (Phi) is 33.7. The van der Waals surface area contributed by atoms with Crippen molar-refractivity contribution in [3.63, 3.8) is 0 Å². The van der Waals surface area contributed by atoms with Crippen LogP contribution in [0.1, 0.15) is 187 Å². The quantitative estimate of drug-likeness (QED) is 0.0454. The Morgan fingerprint density at radius 1 is 0.500 bits per heavy atom. The minimum absolute atomic E-state index is 0.00730. The van der Waals surface area contributed by atoms with Crippen molar-refractivity contribution in [1.82, 2.24) is 0 Å². The summed E-state index contributed by atoms with van der Waals surface area (Å²) in [5, 5.41) is 8.69. The van der Waals surface area contributed by atoms with Gasteiger partial charge in [0.05, 0.1) is 0 Å². The van der Waals surface area contributed by atoms with Gasteiger partial charge in [0.1, 0.15) is 6.10 Å². The molecule has 0 aromatic heterocycles. The summed E-state index contributed by atoms with van der Waals surface area (Å²) in [6, 6.07) is 0. The van der Waals surface area contributed by atoms with E-state index in [0.29, 0.717) is 12.8 Å². The first-order valence-electron chi connectivity index (χ1n) is 18.6. The maximum atomic E-state index is 12.5. The molecular formula is C40H70O4. The summed E-state index contributed by atoms with van der Waals surface area (Å²) in [4.78, 5) is 23.1. The zero-order chi connectivity index (χ0) is 32.2. The summed E-state index contributed by atoms with van der Waals surface area (Å²) in [5.41, 5.74) is 0. The number of rotatable bonds is 33. The number of unbranched alkanes of at least 4 members (excludes halogenated alkanes) is 16. The molecule has 0 saturated heterocycles. The van der Waals surface area contributed by atoms with Crippen LogP contribution in [-0.2, 0) is 14.3 Å². The van der Waals surface area contributed by atoms with Gasteiger partial charge in [-0.15, -0.1) is 0 Å². The van der Waals surface area contributed by atoms with E-state index in [4.69, 9.17) is 9.84 Å². The van der Waals surface area contributed by atoms with Crippen molar-refractivity contribution in [2.75, 3.05) is 0 Å². The van der Waals surface area contributed by atoms with Gasteiger partial charge in [0.25, 0.3) is 0 Å². The number of ether oxygens (including phenoxy) is 1. The van der Waals surface area contributed by atoms with Crippen molar-refractivity contribution in [3.8, 4) is 0 Å². The predicted octanol–water partition coefficient (Wildman–Crippen LogP) is 12.8. The van der Waals surface area contributed by atoms with Crippen LogP contribution in [0.3, 0.4) is 0 Å². The average molecular weight is 615 g/mol. The molecule has 0 rings (SSSR count). The molecule has 0 aliphatic carbocycles. The van der Waals surface area contributed by atoms with E-state index >= 15 is 0 Å². The standard InChI is InChI=1S/C40H70O4/c1-3-5-7-8-9-10-11-12-13-14-15-16-17-18-19-23-26-29-33-37-40(43)44-38(34-30-6-4-2)35-31-27-24-21-20-22-25-28-32-36-39(41)42/h9-10,12-13,15-16,18-19,38H,3-8,11,14,17,20-37H2,1-2H3,(H,41,42)/b10-9-,13-12-,16-15-,19-18-. The Labute approximate surface area is 272 Å². The molecule has 1 N–H and O–H groups in total. The first kappa shape index (κ1) is 41.9. The van der Waals surface area contributed by atoms with Gasteiger partial charge in [0, 0.05) is 12.8 Å². The maximum absolute atomic E-state index is 12.5. The van der Waals surface area contributed by atoms with E-state index < -0.39 is 5.97 Å². The highest BCUT2D eigenvalue weighted by molar-refractivity contribution is 5.69. The minimum atomic E-state index is -0.683. The van der Waals surface area contributed by atoms with Gasteiger partial charge in [-0.25, -0.2) is 0 Å². The van der Waals surface area contributed by atoms with Crippen molar-refractivity contribution in [3.05, 3.63) is 48.6 Å². The van der Waals surface area contributed by atoms with Crippen LogP contribution >= 0.6 is 0 Å². The third-order valence-corrected chi connectivity index (χ3v) is 8.05. The molecule has 0 spiro atoms. The van der Waals surface area contributed by atoms with Crippen LogP contribution in [0.25, 0.3) is 0 Å². The van der Waals surface area contributed by atoms with Crippen LogP contribution in [0.2, 0.25) is 0 Å². The number of hydrogen-bond donors (Lipinski definition) is 1. The Balaban J connectivity index is 3.84. The fourth-order valence-electron chi connectivity index (χ4n) is 5.28. The van der Waals surface area contributed by atoms with E-state index in [1.54, 1.807) is 0 Å². The molecule has 0 amide bonds. The number of carboxylic acids is 1. The summed E-state index contributed by atoms with van der Waals surface area (Å²) in [5.74, 6) is -0.690. The number of carboxylic acid groups (broad SMARTS) is 1. The van der Waals surface area contributed by atoms with Gasteiger partial charge in [-0.05, 0) is 83.5 Å². The molecule has 4 nitrogen and oxygen atoms in total. The first-order valence-corrected chi connectivity index (χ1v) is 18.6. The van der Waals surface area contributed by atoms with Gasteiger partial charge < -0.3 is 9.84 Å². The van der Waals surface area contributed by atoms with E-state index in [0.717, 1.165) is 89.9 Å². The van der Waals surface area contributed by atoms with Gasteiger partial charge in [0.2, 0.25) is 0 Å². The van der Waals surface area contributed by atoms with E-state index in [1.807, 2.05) is 0 Å². The first-order chi connectivity index (χ1) is 21.6. The highest BCUT2D eigenvalue weighted by atomic mass is 16.5. The number of hydrogen-bond acceptors (Lipinski definition) is 3. The largest absolute Gasteiger partial charge is 0.481 e. The minimum Gasteiger partial charge on any atom is -0.481 e. The molecule has 44 heavy (non-hydrogen) atoms. The molecule has 1 atom stereocenters. The number of allylic oxidation sites excluding steroid dienone is 8. The van der Waals surface area contributed by atoms with Crippen molar-refractivity contribution in [1.29, 1.82) is 0 Å². The predicted molar refractivity (Wildman–Crippen MR) is 190 cm³/mol. The zero-order valence-electron chi connectivity index (χ0n) is 29.0. The topological polar surface area (TPSA) is 63.6 Å². The molecule has 0 saturated carbocycles. The van der Waals surface area contributed by atoms with Crippen LogP contribution in [0, 0.1) is 0 Å². The van der Waals surface area contributed by atoms with Crippen molar-refractivity contribution in [2.45, 2.75) is 193 Å². The molecule has 0 fully saturated rings. The third-order valence-electron chi connectivity index (χ3n) is 8.05. The monoisotopic (exact) mass is 615 g/mol. The van der Waals surface area contributed by atoms with Gasteiger partial charge >= 0.3 is 11.9 Å². The fraction of sp³-hybridized carbons (Fsp3) is 0.750. The van der Waals surface area contributed by atoms with E-state index in [1.165, 1.54) is 70.6 Å². The number of esters is 1. The van der Waals surface area contributed by atoms with Crippen LogP contribution < -0.4 is 0 Å². The molecule has 0 aromatic rings. The number of carbonyl (C=O) groups is 2. The van der Waals surface area contributed by atoms with Crippen LogP contribution in [-0.4, -0.2) is 23.1 Å². The molecule has 1 unspecified atom stereocenters. The van der Waals surface area contributed by atoms with Crippen molar-refractivity contribution in [2.24, 2.45) is 0 Å². The lowest BCUT2D eigenvalue weighted by atomic mass is 10.0. The third kappa shape index (κ3) is 34.4. The molecule has 4 heteroatoms. The second-order valence-electron chi connectivity index (χ2n) is 12.4. The maximum Gasteiger partial charge on any atom is 0.306 e. The van der Waals surface area contributed by atoms with Crippen LogP contribution in [0.5, 0.6) is 0 Å². The molecule has 0 aromatic carbocycles. The molecule has 0 bridgehead atoms. The number of aliphatic carboxylic acids is 1. The molecule has 0 aliphatic rings. The number of carbonyl (C=O) groups excluding carboxylic acids is 1. The van der Waals surface area contributed by atoms with E-state index in [2.05, 4.69) is 62.5 Å². The average Bonchev–Trinajstić information content (AvgIpc) is 3.00. The van der Waals surface area contributed by atoms with E-state index in [9.17, 15) is 9.59 Å². The highest BCUT2D eigenvalue weighted by Gasteiger charge is 2.14. The second kappa shape index (κ2) is 35.4. The Hall–Kier alpha value is -2.10. The smallest absolute Gasteiger partial charge is 0.306 e. The van der Waals surface area contributed by atoms with Crippen LogP contribution in [0.4, 0.5) is 0 Å². The van der Waals surface area contributed by atoms with Gasteiger partial charge in [-0.2, -0.15) is 0 Å². The second-order valence-corrected chi connectivity index (χ2v) is 12.4. The summed E-state index contributed by atoms with van der Waals surface area (Å²) in [7, 11) is 0. The summed E-state index contributed by atoms with van der Waals surface area (Å²) in [6.07, 6.45) is 47.2. The van der Waals surface area contributed by atoms with Gasteiger partial charge in [-0.3, -0.25) is 9.59 Å². The van der Waals surface area contributed by atoms with Gasteiger partial charge in [0.15, 0.2) is 0 Å². The normalized spacial score (nSPS) is 12.8. The molecule has 0 aliphatic heterocycles. The Morgan fingerprint density at radius 2 is 0.886 bits per heavy atom. The summed E-state index contributed by atoms with van der Waals surface area (Å²) >= 11 is 0. The molecular weight excluding hydrogens is 544 g/mol. The lowest BCUT2D eigenvalue weighted by Crippen LogP contribution is -2.18. The summed E-state index contributed by atoms with van der Waals surface area (Å²) < 4.78 is 5.92. The lowest BCUT2D eigenvalue weighted by Gasteiger charge is -2.18. The Bertz CT molecular complexity index is 748.